The minimum Gasteiger partial charge on any atom is -0.493 e. The van der Waals surface area contributed by atoms with Crippen LogP contribution in [-0.4, -0.2) is 56.6 Å². The van der Waals surface area contributed by atoms with Gasteiger partial charge in [0.15, 0.2) is 11.5 Å². The molecule has 2 amide bonds. The number of carbonyl (C=O) groups excluding carboxylic acids is 2. The molecule has 1 aromatic heterocycles. The first kappa shape index (κ1) is 18.7. The van der Waals surface area contributed by atoms with E-state index in [1.54, 1.807) is 41.3 Å². The van der Waals surface area contributed by atoms with Crippen molar-refractivity contribution >= 4 is 23.2 Å². The summed E-state index contributed by atoms with van der Waals surface area (Å²) in [6.45, 7) is 1.72. The highest BCUT2D eigenvalue weighted by molar-refractivity contribution is 7.17. The van der Waals surface area contributed by atoms with Crippen molar-refractivity contribution in [3.63, 3.8) is 0 Å². The average Bonchev–Trinajstić information content (AvgIpc) is 3.00. The molecule has 0 bridgehead atoms. The van der Waals surface area contributed by atoms with E-state index >= 15 is 0 Å². The first-order chi connectivity index (χ1) is 11.9. The van der Waals surface area contributed by atoms with Crippen molar-refractivity contribution in [2.45, 2.75) is 6.92 Å². The van der Waals surface area contributed by atoms with Crippen LogP contribution in [0.2, 0.25) is 0 Å². The fraction of sp³-hybridized carbons (Fsp3) is 0.353. The number of hydrogen-bond donors (Lipinski definition) is 1. The van der Waals surface area contributed by atoms with Gasteiger partial charge in [0.25, 0.3) is 5.91 Å². The molecule has 0 radical (unpaired) electrons. The lowest BCUT2D eigenvalue weighted by atomic mass is 10.2. The van der Waals surface area contributed by atoms with Gasteiger partial charge in [-0.2, -0.15) is 0 Å². The van der Waals surface area contributed by atoms with Gasteiger partial charge in [-0.3, -0.25) is 9.59 Å². The monoisotopic (exact) mass is 363 g/mol. The lowest BCUT2D eigenvalue weighted by Crippen LogP contribution is -2.36. The van der Waals surface area contributed by atoms with Crippen LogP contribution >= 0.6 is 11.3 Å². The average molecular weight is 363 g/mol. The number of nitrogens with zero attached hydrogens (tertiary/aromatic N) is 2. The number of rotatable bonds is 6. The minimum atomic E-state index is -0.308. The summed E-state index contributed by atoms with van der Waals surface area (Å²) in [7, 11) is 6.42. The van der Waals surface area contributed by atoms with Crippen LogP contribution in [0, 0.1) is 6.92 Å². The van der Waals surface area contributed by atoms with E-state index in [1.807, 2.05) is 12.1 Å². The maximum absolute atomic E-state index is 12.3. The van der Waals surface area contributed by atoms with Crippen LogP contribution < -0.4 is 14.8 Å². The molecule has 0 spiro atoms. The van der Waals surface area contributed by atoms with E-state index in [-0.39, 0.29) is 18.4 Å². The fourth-order valence-electron chi connectivity index (χ4n) is 2.09. The quantitative estimate of drug-likeness (QED) is 0.848. The van der Waals surface area contributed by atoms with E-state index in [9.17, 15) is 9.59 Å². The summed E-state index contributed by atoms with van der Waals surface area (Å²) in [5, 5.41) is 3.32. The molecule has 8 heteroatoms. The summed E-state index contributed by atoms with van der Waals surface area (Å²) in [4.78, 5) is 30.3. The largest absolute Gasteiger partial charge is 0.493 e. The second-order valence-corrected chi connectivity index (χ2v) is 6.47. The Morgan fingerprint density at radius 2 is 1.88 bits per heavy atom. The molecule has 1 N–H and O–H groups in total. The molecule has 0 aliphatic carbocycles. The van der Waals surface area contributed by atoms with Gasteiger partial charge in [-0.1, -0.05) is 0 Å². The highest BCUT2D eigenvalue weighted by atomic mass is 32.1. The molecule has 7 nitrogen and oxygen atoms in total. The number of methoxy groups -OCH3 is 2. The summed E-state index contributed by atoms with van der Waals surface area (Å²) in [5.74, 6) is 0.739. The third-order valence-corrected chi connectivity index (χ3v) is 4.74. The molecule has 0 fully saturated rings. The van der Waals surface area contributed by atoms with E-state index in [1.165, 1.54) is 16.2 Å². The Labute approximate surface area is 150 Å². The molecule has 0 aliphatic rings. The number of thiazole rings is 1. The van der Waals surface area contributed by atoms with Crippen LogP contribution in [0.4, 0.5) is 0 Å². The molecule has 0 unspecified atom stereocenters. The summed E-state index contributed by atoms with van der Waals surface area (Å²) < 4.78 is 10.5. The predicted molar refractivity (Wildman–Crippen MR) is 96.4 cm³/mol. The van der Waals surface area contributed by atoms with Crippen LogP contribution in [-0.2, 0) is 4.79 Å². The zero-order valence-electron chi connectivity index (χ0n) is 14.9. The number of likely N-dealkylation sites (N-methyl/N-ethyl adjacent to an activating group) is 1. The van der Waals surface area contributed by atoms with Gasteiger partial charge in [0.1, 0.15) is 9.88 Å². The standard InChI is InChI=1S/C17H21N3O4S/c1-10-15(16(22)18-9-14(21)20(2)3)25-17(19-10)11-6-7-12(23-4)13(8-11)24-5/h6-8H,9H2,1-5H3,(H,18,22). The van der Waals surface area contributed by atoms with E-state index in [2.05, 4.69) is 10.3 Å². The van der Waals surface area contributed by atoms with Gasteiger partial charge in [0.05, 0.1) is 26.5 Å². The lowest BCUT2D eigenvalue weighted by molar-refractivity contribution is -0.127. The molecule has 0 saturated carbocycles. The Hall–Kier alpha value is -2.61. The van der Waals surface area contributed by atoms with Crippen molar-refractivity contribution < 1.29 is 19.1 Å². The SMILES string of the molecule is COc1ccc(-c2nc(C)c(C(=O)NCC(=O)N(C)C)s2)cc1OC. The second kappa shape index (κ2) is 7.98. The highest BCUT2D eigenvalue weighted by Gasteiger charge is 2.18. The molecule has 1 aromatic carbocycles. The number of aromatic nitrogens is 1. The number of nitrogens with one attached hydrogen (secondary N) is 1. The zero-order chi connectivity index (χ0) is 18.6. The fourth-order valence-corrected chi connectivity index (χ4v) is 3.07. The van der Waals surface area contributed by atoms with Gasteiger partial charge in [-0.05, 0) is 25.1 Å². The third kappa shape index (κ3) is 4.27. The molecule has 1 heterocycles. The van der Waals surface area contributed by atoms with Crippen molar-refractivity contribution in [1.82, 2.24) is 15.2 Å². The number of benzene rings is 1. The molecule has 0 atom stereocenters. The van der Waals surface area contributed by atoms with E-state index < -0.39 is 0 Å². The summed E-state index contributed by atoms with van der Waals surface area (Å²) in [5.41, 5.74) is 1.44. The summed E-state index contributed by atoms with van der Waals surface area (Å²) >= 11 is 1.27. The summed E-state index contributed by atoms with van der Waals surface area (Å²) in [6, 6.07) is 5.46. The molecule has 0 saturated heterocycles. The van der Waals surface area contributed by atoms with Crippen LogP contribution in [0.3, 0.4) is 0 Å². The van der Waals surface area contributed by atoms with Gasteiger partial charge < -0.3 is 19.7 Å². The topological polar surface area (TPSA) is 80.8 Å². The van der Waals surface area contributed by atoms with Crippen LogP contribution in [0.25, 0.3) is 10.6 Å². The normalized spacial score (nSPS) is 10.3. The predicted octanol–water partition coefficient (Wildman–Crippen LogP) is 1.95. The smallest absolute Gasteiger partial charge is 0.263 e. The Balaban J connectivity index is 2.22. The van der Waals surface area contributed by atoms with Gasteiger partial charge in [0.2, 0.25) is 5.91 Å². The van der Waals surface area contributed by atoms with E-state index in [4.69, 9.17) is 9.47 Å². The van der Waals surface area contributed by atoms with E-state index in [0.717, 1.165) is 5.56 Å². The number of ether oxygens (including phenoxy) is 2. The Bertz CT molecular complexity index is 786. The van der Waals surface area contributed by atoms with Gasteiger partial charge in [0, 0.05) is 19.7 Å². The van der Waals surface area contributed by atoms with Crippen LogP contribution in [0.5, 0.6) is 11.5 Å². The molecule has 2 aromatic rings. The first-order valence-electron chi connectivity index (χ1n) is 7.55. The lowest BCUT2D eigenvalue weighted by Gasteiger charge is -2.10. The molecule has 0 aliphatic heterocycles. The second-order valence-electron chi connectivity index (χ2n) is 5.47. The van der Waals surface area contributed by atoms with Gasteiger partial charge in [-0.15, -0.1) is 11.3 Å². The van der Waals surface area contributed by atoms with Crippen molar-refractivity contribution in [3.8, 4) is 22.1 Å². The Kier molecular flexibility index (Phi) is 5.97. The van der Waals surface area contributed by atoms with Crippen molar-refractivity contribution in [2.24, 2.45) is 0 Å². The third-order valence-electron chi connectivity index (χ3n) is 3.53. The number of aryl methyl sites for hydroxylation is 1. The summed E-state index contributed by atoms with van der Waals surface area (Å²) in [6.07, 6.45) is 0. The van der Waals surface area contributed by atoms with Crippen LogP contribution in [0.1, 0.15) is 15.4 Å². The maximum atomic E-state index is 12.3. The minimum absolute atomic E-state index is 0.0468. The van der Waals surface area contributed by atoms with Crippen molar-refractivity contribution in [2.75, 3.05) is 34.9 Å². The van der Waals surface area contributed by atoms with Gasteiger partial charge >= 0.3 is 0 Å². The Morgan fingerprint density at radius 3 is 2.48 bits per heavy atom. The van der Waals surface area contributed by atoms with Gasteiger partial charge in [-0.25, -0.2) is 4.98 Å². The Morgan fingerprint density at radius 1 is 1.20 bits per heavy atom. The molecular formula is C17H21N3O4S. The molecular weight excluding hydrogens is 342 g/mol. The highest BCUT2D eigenvalue weighted by Crippen LogP contribution is 2.34. The van der Waals surface area contributed by atoms with E-state index in [0.29, 0.717) is 27.1 Å². The van der Waals surface area contributed by atoms with Crippen molar-refractivity contribution in [1.29, 1.82) is 0 Å². The molecule has 25 heavy (non-hydrogen) atoms. The number of amides is 2. The molecule has 2 rings (SSSR count). The van der Waals surface area contributed by atoms with Crippen molar-refractivity contribution in [3.05, 3.63) is 28.8 Å². The van der Waals surface area contributed by atoms with Crippen LogP contribution in [0.15, 0.2) is 18.2 Å². The number of carbonyl (C=O) groups is 2. The maximum Gasteiger partial charge on any atom is 0.263 e. The number of hydrogen-bond acceptors (Lipinski definition) is 6. The molecule has 134 valence electrons. The first-order valence-corrected chi connectivity index (χ1v) is 8.37. The zero-order valence-corrected chi connectivity index (χ0v) is 15.7.